The summed E-state index contributed by atoms with van der Waals surface area (Å²) in [4.78, 5) is 0. The molecule has 0 saturated heterocycles. The third kappa shape index (κ3) is 2.27. The SMILES string of the molecule is CCC1CCC(c2ccccc2C#N)CC1. The Morgan fingerprint density at radius 3 is 2.50 bits per heavy atom. The Labute approximate surface area is 98.1 Å². The van der Waals surface area contributed by atoms with Crippen molar-refractivity contribution < 1.29 is 0 Å². The fourth-order valence-electron chi connectivity index (χ4n) is 2.84. The largest absolute Gasteiger partial charge is 0.192 e. The molecule has 1 nitrogen and oxygen atoms in total. The third-order valence-electron chi connectivity index (χ3n) is 3.95. The molecule has 1 heteroatoms. The number of rotatable bonds is 2. The van der Waals surface area contributed by atoms with Crippen molar-refractivity contribution in [2.24, 2.45) is 5.92 Å². The lowest BCUT2D eigenvalue weighted by molar-refractivity contribution is 0.318. The van der Waals surface area contributed by atoms with Crippen molar-refractivity contribution in [2.75, 3.05) is 0 Å². The molecule has 2 rings (SSSR count). The molecule has 0 bridgehead atoms. The average Bonchev–Trinajstić information content (AvgIpc) is 2.39. The second kappa shape index (κ2) is 5.16. The highest BCUT2D eigenvalue weighted by molar-refractivity contribution is 5.39. The van der Waals surface area contributed by atoms with Crippen LogP contribution in [0.2, 0.25) is 0 Å². The summed E-state index contributed by atoms with van der Waals surface area (Å²) in [5.74, 6) is 1.55. The van der Waals surface area contributed by atoms with Crippen LogP contribution < -0.4 is 0 Å². The predicted molar refractivity (Wildman–Crippen MR) is 66.1 cm³/mol. The first-order valence-corrected chi connectivity index (χ1v) is 6.34. The van der Waals surface area contributed by atoms with E-state index in [4.69, 9.17) is 5.26 Å². The monoisotopic (exact) mass is 213 g/mol. The van der Waals surface area contributed by atoms with Crippen LogP contribution >= 0.6 is 0 Å². The van der Waals surface area contributed by atoms with Gasteiger partial charge in [-0.1, -0.05) is 31.5 Å². The van der Waals surface area contributed by atoms with Crippen LogP contribution in [-0.4, -0.2) is 0 Å². The molecule has 1 saturated carbocycles. The van der Waals surface area contributed by atoms with E-state index in [2.05, 4.69) is 25.1 Å². The quantitative estimate of drug-likeness (QED) is 0.720. The van der Waals surface area contributed by atoms with Crippen molar-refractivity contribution in [3.8, 4) is 6.07 Å². The minimum atomic E-state index is 0.624. The predicted octanol–water partition coefficient (Wildman–Crippen LogP) is 4.24. The van der Waals surface area contributed by atoms with E-state index in [1.807, 2.05) is 12.1 Å². The van der Waals surface area contributed by atoms with Crippen LogP contribution in [0, 0.1) is 17.2 Å². The number of hydrogen-bond donors (Lipinski definition) is 0. The molecule has 0 heterocycles. The molecule has 0 aliphatic heterocycles. The van der Waals surface area contributed by atoms with Crippen LogP contribution in [-0.2, 0) is 0 Å². The van der Waals surface area contributed by atoms with Crippen molar-refractivity contribution in [3.05, 3.63) is 35.4 Å². The highest BCUT2D eigenvalue weighted by atomic mass is 14.3. The van der Waals surface area contributed by atoms with Crippen molar-refractivity contribution in [1.29, 1.82) is 5.26 Å². The Balaban J connectivity index is 2.11. The van der Waals surface area contributed by atoms with Gasteiger partial charge in [0.25, 0.3) is 0 Å². The van der Waals surface area contributed by atoms with Gasteiger partial charge in [-0.2, -0.15) is 5.26 Å². The summed E-state index contributed by atoms with van der Waals surface area (Å²) < 4.78 is 0. The van der Waals surface area contributed by atoms with Crippen molar-refractivity contribution in [3.63, 3.8) is 0 Å². The molecular weight excluding hydrogens is 194 g/mol. The van der Waals surface area contributed by atoms with Gasteiger partial charge < -0.3 is 0 Å². The zero-order chi connectivity index (χ0) is 11.4. The molecule has 84 valence electrons. The Morgan fingerprint density at radius 2 is 1.88 bits per heavy atom. The highest BCUT2D eigenvalue weighted by Gasteiger charge is 2.22. The lowest BCUT2D eigenvalue weighted by Gasteiger charge is -2.28. The fourth-order valence-corrected chi connectivity index (χ4v) is 2.84. The lowest BCUT2D eigenvalue weighted by Crippen LogP contribution is -2.13. The Morgan fingerprint density at radius 1 is 1.19 bits per heavy atom. The van der Waals surface area contributed by atoms with E-state index in [1.54, 1.807) is 0 Å². The summed E-state index contributed by atoms with van der Waals surface area (Å²) in [5.41, 5.74) is 2.15. The van der Waals surface area contributed by atoms with Gasteiger partial charge in [0.05, 0.1) is 11.6 Å². The summed E-state index contributed by atoms with van der Waals surface area (Å²) in [6.45, 7) is 2.29. The van der Waals surface area contributed by atoms with E-state index in [0.717, 1.165) is 11.5 Å². The number of hydrogen-bond acceptors (Lipinski definition) is 1. The van der Waals surface area contributed by atoms with Gasteiger partial charge in [0.2, 0.25) is 0 Å². The molecule has 0 N–H and O–H groups in total. The van der Waals surface area contributed by atoms with E-state index >= 15 is 0 Å². The summed E-state index contributed by atoms with van der Waals surface area (Å²) in [7, 11) is 0. The standard InChI is InChI=1S/C15H19N/c1-2-12-7-9-13(10-8-12)15-6-4-3-5-14(15)11-16/h3-6,12-13H,2,7-10H2,1H3. The Kier molecular flexibility index (Phi) is 3.62. The van der Waals surface area contributed by atoms with E-state index in [0.29, 0.717) is 5.92 Å². The molecule has 0 aromatic heterocycles. The van der Waals surface area contributed by atoms with E-state index in [-0.39, 0.29) is 0 Å². The van der Waals surface area contributed by atoms with E-state index < -0.39 is 0 Å². The first-order chi connectivity index (χ1) is 7.85. The first-order valence-electron chi connectivity index (χ1n) is 6.34. The number of nitrogens with zero attached hydrogens (tertiary/aromatic N) is 1. The normalized spacial score (nSPS) is 25.0. The zero-order valence-corrected chi connectivity index (χ0v) is 9.95. The zero-order valence-electron chi connectivity index (χ0n) is 9.95. The molecule has 0 atom stereocenters. The van der Waals surface area contributed by atoms with Gasteiger partial charge >= 0.3 is 0 Å². The van der Waals surface area contributed by atoms with Crippen LogP contribution in [0.1, 0.15) is 56.1 Å². The summed E-state index contributed by atoms with van der Waals surface area (Å²) in [6.07, 6.45) is 6.50. The van der Waals surface area contributed by atoms with Crippen molar-refractivity contribution >= 4 is 0 Å². The minimum Gasteiger partial charge on any atom is -0.192 e. The maximum atomic E-state index is 9.10. The number of benzene rings is 1. The maximum absolute atomic E-state index is 9.10. The molecule has 0 spiro atoms. The lowest BCUT2D eigenvalue weighted by atomic mass is 9.77. The summed E-state index contributed by atoms with van der Waals surface area (Å²) in [6, 6.07) is 10.4. The topological polar surface area (TPSA) is 23.8 Å². The molecule has 1 aromatic carbocycles. The van der Waals surface area contributed by atoms with E-state index in [9.17, 15) is 0 Å². The van der Waals surface area contributed by atoms with Crippen LogP contribution in [0.3, 0.4) is 0 Å². The van der Waals surface area contributed by atoms with Crippen LogP contribution in [0.4, 0.5) is 0 Å². The summed E-state index contributed by atoms with van der Waals surface area (Å²) in [5, 5.41) is 9.10. The highest BCUT2D eigenvalue weighted by Crippen LogP contribution is 2.37. The Hall–Kier alpha value is -1.29. The van der Waals surface area contributed by atoms with Gasteiger partial charge in [-0.25, -0.2) is 0 Å². The molecule has 1 aliphatic rings. The second-order valence-corrected chi connectivity index (χ2v) is 4.82. The van der Waals surface area contributed by atoms with Gasteiger partial charge in [0.15, 0.2) is 0 Å². The number of nitriles is 1. The fraction of sp³-hybridized carbons (Fsp3) is 0.533. The van der Waals surface area contributed by atoms with Crippen LogP contribution in [0.25, 0.3) is 0 Å². The van der Waals surface area contributed by atoms with Gasteiger partial charge in [0, 0.05) is 0 Å². The van der Waals surface area contributed by atoms with Crippen LogP contribution in [0.15, 0.2) is 24.3 Å². The van der Waals surface area contributed by atoms with Crippen molar-refractivity contribution in [2.45, 2.75) is 44.9 Å². The molecule has 16 heavy (non-hydrogen) atoms. The molecular formula is C15H19N. The smallest absolute Gasteiger partial charge is 0.0994 e. The molecule has 0 radical (unpaired) electrons. The third-order valence-corrected chi connectivity index (χ3v) is 3.95. The molecule has 0 unspecified atom stereocenters. The molecule has 0 amide bonds. The average molecular weight is 213 g/mol. The van der Waals surface area contributed by atoms with Gasteiger partial charge in [0.1, 0.15) is 0 Å². The van der Waals surface area contributed by atoms with E-state index in [1.165, 1.54) is 37.7 Å². The maximum Gasteiger partial charge on any atom is 0.0994 e. The van der Waals surface area contributed by atoms with Gasteiger partial charge in [-0.05, 0) is 49.1 Å². The van der Waals surface area contributed by atoms with Gasteiger partial charge in [-0.15, -0.1) is 0 Å². The second-order valence-electron chi connectivity index (χ2n) is 4.82. The van der Waals surface area contributed by atoms with Gasteiger partial charge in [-0.3, -0.25) is 0 Å². The minimum absolute atomic E-state index is 0.624. The van der Waals surface area contributed by atoms with Crippen LogP contribution in [0.5, 0.6) is 0 Å². The first kappa shape index (κ1) is 11.2. The van der Waals surface area contributed by atoms with Crippen molar-refractivity contribution in [1.82, 2.24) is 0 Å². The molecule has 1 fully saturated rings. The summed E-state index contributed by atoms with van der Waals surface area (Å²) >= 11 is 0. The molecule has 1 aliphatic carbocycles. The molecule has 1 aromatic rings. The Bertz CT molecular complexity index is 381.